The third-order valence-corrected chi connectivity index (χ3v) is 4.07. The van der Waals surface area contributed by atoms with Crippen molar-refractivity contribution in [1.29, 1.82) is 0 Å². The van der Waals surface area contributed by atoms with Crippen LogP contribution in [0.3, 0.4) is 0 Å². The van der Waals surface area contributed by atoms with Gasteiger partial charge in [-0.15, -0.1) is 0 Å². The minimum Gasteiger partial charge on any atom is -0.408 e. The zero-order chi connectivity index (χ0) is 18.8. The van der Waals surface area contributed by atoms with Gasteiger partial charge < -0.3 is 14.3 Å². The highest BCUT2D eigenvalue weighted by Gasteiger charge is 2.17. The average Bonchev–Trinajstić information content (AvgIpc) is 3.25. The Balaban J connectivity index is 1.47. The van der Waals surface area contributed by atoms with Crippen molar-refractivity contribution in [3.05, 3.63) is 81.9 Å². The Morgan fingerprint density at radius 2 is 2.04 bits per heavy atom. The fraction of sp³-hybridized carbons (Fsp3) is 0.158. The molecule has 1 amide bonds. The van der Waals surface area contributed by atoms with Crippen LogP contribution in [0.1, 0.15) is 27.6 Å². The van der Waals surface area contributed by atoms with Crippen molar-refractivity contribution in [2.45, 2.75) is 20.0 Å². The van der Waals surface area contributed by atoms with Gasteiger partial charge in [0.15, 0.2) is 11.4 Å². The molecular weight excluding hydrogens is 348 g/mol. The molecule has 8 nitrogen and oxygen atoms in total. The Kier molecular flexibility index (Phi) is 4.29. The van der Waals surface area contributed by atoms with Crippen LogP contribution in [-0.4, -0.2) is 20.6 Å². The molecule has 0 aliphatic heterocycles. The van der Waals surface area contributed by atoms with Crippen LogP contribution in [-0.2, 0) is 13.1 Å². The number of benzene rings is 2. The number of carbonyl (C=O) groups is 1. The zero-order valence-electron chi connectivity index (χ0n) is 14.5. The number of para-hydroxylation sites is 2. The smallest absolute Gasteiger partial charge is 0.408 e. The van der Waals surface area contributed by atoms with Gasteiger partial charge in [-0.3, -0.25) is 9.36 Å². The van der Waals surface area contributed by atoms with Gasteiger partial charge in [0.25, 0.3) is 0 Å². The molecule has 27 heavy (non-hydrogen) atoms. The van der Waals surface area contributed by atoms with E-state index in [1.54, 1.807) is 24.3 Å². The van der Waals surface area contributed by atoms with Crippen molar-refractivity contribution in [2.24, 2.45) is 0 Å². The summed E-state index contributed by atoms with van der Waals surface area (Å²) in [6.45, 7) is 2.38. The summed E-state index contributed by atoms with van der Waals surface area (Å²) in [5, 5.41) is 6.51. The van der Waals surface area contributed by atoms with Crippen molar-refractivity contribution in [3.8, 4) is 0 Å². The summed E-state index contributed by atoms with van der Waals surface area (Å²) in [7, 11) is 0. The molecule has 0 radical (unpaired) electrons. The van der Waals surface area contributed by atoms with Gasteiger partial charge in [-0.25, -0.2) is 4.79 Å². The maximum atomic E-state index is 12.2. The maximum absolute atomic E-state index is 12.2. The highest BCUT2D eigenvalue weighted by molar-refractivity contribution is 5.89. The van der Waals surface area contributed by atoms with Gasteiger partial charge in [0.2, 0.25) is 0 Å². The first-order chi connectivity index (χ1) is 13.1. The van der Waals surface area contributed by atoms with Gasteiger partial charge in [0, 0.05) is 6.54 Å². The van der Waals surface area contributed by atoms with Gasteiger partial charge in [-0.2, -0.15) is 4.98 Å². The van der Waals surface area contributed by atoms with Gasteiger partial charge in [0.05, 0.1) is 12.1 Å². The van der Waals surface area contributed by atoms with Crippen LogP contribution in [0.5, 0.6) is 0 Å². The first-order valence-electron chi connectivity index (χ1n) is 8.35. The number of fused-ring (bicyclic) bond motifs is 1. The van der Waals surface area contributed by atoms with Crippen molar-refractivity contribution < 1.29 is 13.7 Å². The van der Waals surface area contributed by atoms with Gasteiger partial charge >= 0.3 is 17.6 Å². The minimum atomic E-state index is -0.522. The van der Waals surface area contributed by atoms with Crippen LogP contribution in [0.25, 0.3) is 11.1 Å². The van der Waals surface area contributed by atoms with E-state index in [1.807, 2.05) is 31.2 Å². The molecule has 0 fully saturated rings. The number of hydrogen-bond acceptors (Lipinski definition) is 6. The number of aryl methyl sites for hydroxylation is 1. The Labute approximate surface area is 153 Å². The van der Waals surface area contributed by atoms with E-state index in [0.29, 0.717) is 17.6 Å². The molecule has 4 rings (SSSR count). The van der Waals surface area contributed by atoms with Crippen LogP contribution in [0.15, 0.2) is 62.3 Å². The summed E-state index contributed by atoms with van der Waals surface area (Å²) in [4.78, 5) is 28.3. The lowest BCUT2D eigenvalue weighted by molar-refractivity contribution is 0.0907. The van der Waals surface area contributed by atoms with Gasteiger partial charge in [0.1, 0.15) is 0 Å². The number of carbonyl (C=O) groups excluding carboxylic acids is 1. The topological polar surface area (TPSA) is 103 Å². The highest BCUT2D eigenvalue weighted by Crippen LogP contribution is 2.13. The van der Waals surface area contributed by atoms with E-state index in [2.05, 4.69) is 15.5 Å². The average molecular weight is 364 g/mol. The third kappa shape index (κ3) is 3.50. The molecule has 0 bridgehead atoms. The van der Waals surface area contributed by atoms with Crippen LogP contribution in [0.2, 0.25) is 0 Å². The Morgan fingerprint density at radius 3 is 2.89 bits per heavy atom. The second-order valence-corrected chi connectivity index (χ2v) is 6.11. The van der Waals surface area contributed by atoms with Crippen LogP contribution < -0.4 is 11.1 Å². The third-order valence-electron chi connectivity index (χ3n) is 4.07. The monoisotopic (exact) mass is 364 g/mol. The maximum Gasteiger partial charge on any atom is 0.420 e. The number of hydrogen-bond donors (Lipinski definition) is 1. The number of nitrogens with one attached hydrogen (secondary N) is 1. The second-order valence-electron chi connectivity index (χ2n) is 6.11. The summed E-state index contributed by atoms with van der Waals surface area (Å²) < 4.78 is 11.6. The first kappa shape index (κ1) is 16.8. The van der Waals surface area contributed by atoms with Gasteiger partial charge in [-0.05, 0) is 24.6 Å². The molecule has 8 heteroatoms. The van der Waals surface area contributed by atoms with E-state index in [0.717, 1.165) is 11.1 Å². The predicted molar refractivity (Wildman–Crippen MR) is 96.2 cm³/mol. The van der Waals surface area contributed by atoms with Crippen molar-refractivity contribution in [1.82, 2.24) is 20.0 Å². The summed E-state index contributed by atoms with van der Waals surface area (Å²) in [6.07, 6.45) is 0. The molecule has 2 heterocycles. The molecule has 0 aliphatic rings. The molecule has 4 aromatic rings. The van der Waals surface area contributed by atoms with Crippen LogP contribution in [0, 0.1) is 6.92 Å². The molecule has 0 unspecified atom stereocenters. The van der Waals surface area contributed by atoms with E-state index < -0.39 is 11.7 Å². The predicted octanol–water partition coefficient (Wildman–Crippen LogP) is 2.26. The molecule has 2 aromatic carbocycles. The summed E-state index contributed by atoms with van der Waals surface area (Å²) in [6, 6.07) is 14.9. The lowest BCUT2D eigenvalue weighted by Gasteiger charge is -2.03. The normalized spacial score (nSPS) is 11.0. The largest absolute Gasteiger partial charge is 0.420 e. The van der Waals surface area contributed by atoms with Crippen LogP contribution >= 0.6 is 0 Å². The molecule has 0 atom stereocenters. The molecule has 0 saturated carbocycles. The van der Waals surface area contributed by atoms with Crippen LogP contribution in [0.4, 0.5) is 0 Å². The molecule has 0 aliphatic carbocycles. The quantitative estimate of drug-likeness (QED) is 0.583. The fourth-order valence-electron chi connectivity index (χ4n) is 2.80. The summed E-state index contributed by atoms with van der Waals surface area (Å²) in [5.74, 6) is -0.936. The number of oxazole rings is 1. The van der Waals surface area contributed by atoms with E-state index in [-0.39, 0.29) is 18.3 Å². The van der Waals surface area contributed by atoms with Crippen molar-refractivity contribution in [2.75, 3.05) is 0 Å². The zero-order valence-corrected chi connectivity index (χ0v) is 14.5. The van der Waals surface area contributed by atoms with E-state index in [4.69, 9.17) is 8.94 Å². The Hall–Kier alpha value is -3.68. The molecule has 0 saturated heterocycles. The van der Waals surface area contributed by atoms with Gasteiger partial charge in [-0.1, -0.05) is 47.1 Å². The first-order valence-corrected chi connectivity index (χ1v) is 8.35. The SMILES string of the molecule is Cc1cccc(CNC(=O)c2nc(Cn3c(=O)oc4ccccc43)no2)c1. The Bertz CT molecular complexity index is 1170. The fourth-order valence-corrected chi connectivity index (χ4v) is 2.80. The Morgan fingerprint density at radius 1 is 1.19 bits per heavy atom. The number of rotatable bonds is 5. The number of amides is 1. The van der Waals surface area contributed by atoms with Crippen molar-refractivity contribution >= 4 is 17.0 Å². The van der Waals surface area contributed by atoms with Crippen molar-refractivity contribution in [3.63, 3.8) is 0 Å². The molecule has 0 spiro atoms. The minimum absolute atomic E-state index is 0.0461. The lowest BCUT2D eigenvalue weighted by atomic mass is 10.1. The second kappa shape index (κ2) is 6.91. The van der Waals surface area contributed by atoms with E-state index >= 15 is 0 Å². The number of nitrogens with zero attached hydrogens (tertiary/aromatic N) is 3. The molecule has 136 valence electrons. The number of aromatic nitrogens is 3. The lowest BCUT2D eigenvalue weighted by Crippen LogP contribution is -2.23. The molecule has 1 N–H and O–H groups in total. The molecular formula is C19H16N4O4. The standard InChI is InChI=1S/C19H16N4O4/c1-12-5-4-6-13(9-12)10-20-17(24)18-21-16(22-27-18)11-23-14-7-2-3-8-15(14)26-19(23)25/h2-9H,10-11H2,1H3,(H,20,24). The van der Waals surface area contributed by atoms with E-state index in [9.17, 15) is 9.59 Å². The van der Waals surface area contributed by atoms with E-state index in [1.165, 1.54) is 4.57 Å². The molecule has 2 aromatic heterocycles. The summed E-state index contributed by atoms with van der Waals surface area (Å²) >= 11 is 0. The summed E-state index contributed by atoms with van der Waals surface area (Å²) in [5.41, 5.74) is 3.18. The highest BCUT2D eigenvalue weighted by atomic mass is 16.5.